The minimum Gasteiger partial charge on any atom is -0.394 e. The van der Waals surface area contributed by atoms with E-state index in [0.29, 0.717) is 18.4 Å². The molecule has 1 heterocycles. The van der Waals surface area contributed by atoms with Crippen molar-refractivity contribution in [3.05, 3.63) is 17.5 Å². The highest BCUT2D eigenvalue weighted by Crippen LogP contribution is 2.16. The van der Waals surface area contributed by atoms with Crippen LogP contribution in [0.25, 0.3) is 0 Å². The van der Waals surface area contributed by atoms with Gasteiger partial charge < -0.3 is 14.9 Å². The molecule has 0 bridgehead atoms. The van der Waals surface area contributed by atoms with Gasteiger partial charge in [-0.2, -0.15) is 0 Å². The van der Waals surface area contributed by atoms with E-state index in [1.54, 1.807) is 6.92 Å². The number of hydrogen-bond acceptors (Lipinski definition) is 4. The van der Waals surface area contributed by atoms with Crippen LogP contribution < -0.4 is 5.32 Å². The molecule has 0 atom stereocenters. The summed E-state index contributed by atoms with van der Waals surface area (Å²) in [7, 11) is 0. The van der Waals surface area contributed by atoms with Gasteiger partial charge in [0.25, 0.3) is 5.91 Å². The molecule has 0 aliphatic heterocycles. The number of nitrogens with one attached hydrogen (secondary N) is 1. The van der Waals surface area contributed by atoms with E-state index in [1.807, 2.05) is 13.8 Å². The average Bonchev–Trinajstić information content (AvgIpc) is 2.72. The van der Waals surface area contributed by atoms with E-state index in [9.17, 15) is 9.90 Å². The largest absolute Gasteiger partial charge is 0.394 e. The van der Waals surface area contributed by atoms with Crippen LogP contribution >= 0.6 is 0 Å². The summed E-state index contributed by atoms with van der Waals surface area (Å²) in [5.74, 6) is -0.118. The molecule has 0 unspecified atom stereocenters. The van der Waals surface area contributed by atoms with Gasteiger partial charge in [0.1, 0.15) is 0 Å². The van der Waals surface area contributed by atoms with E-state index in [2.05, 4.69) is 10.5 Å². The number of aliphatic hydroxyl groups excluding tert-OH is 1. The minimum atomic E-state index is -0.573. The zero-order valence-corrected chi connectivity index (χ0v) is 9.91. The fraction of sp³-hybridized carbons (Fsp3) is 0.636. The molecule has 1 rings (SSSR count). The molecule has 0 aliphatic rings. The summed E-state index contributed by atoms with van der Waals surface area (Å²) in [6.45, 7) is 5.52. The molecule has 1 amide bonds. The lowest BCUT2D eigenvalue weighted by molar-refractivity contribution is 0.0781. The molecule has 0 fully saturated rings. The summed E-state index contributed by atoms with van der Waals surface area (Å²) in [6.07, 6.45) is 2.82. The maximum Gasteiger partial charge on any atom is 0.290 e. The van der Waals surface area contributed by atoms with Crippen molar-refractivity contribution in [2.24, 2.45) is 0 Å². The molecule has 5 nitrogen and oxygen atoms in total. The summed E-state index contributed by atoms with van der Waals surface area (Å²) in [5.41, 5.74) is 0.118. The molecule has 2 N–H and O–H groups in total. The Morgan fingerprint density at radius 2 is 2.19 bits per heavy atom. The monoisotopic (exact) mass is 226 g/mol. The summed E-state index contributed by atoms with van der Waals surface area (Å²) in [6, 6.07) is 0. The van der Waals surface area contributed by atoms with Gasteiger partial charge >= 0.3 is 0 Å². The lowest BCUT2D eigenvalue weighted by atomic mass is 9.93. The quantitative estimate of drug-likeness (QED) is 0.792. The molecule has 5 heteroatoms. The molecule has 0 aromatic carbocycles. The summed E-state index contributed by atoms with van der Waals surface area (Å²) in [5, 5.41) is 15.7. The number of aliphatic hydroxyl groups is 1. The smallest absolute Gasteiger partial charge is 0.290 e. The Kier molecular flexibility index (Phi) is 4.06. The van der Waals surface area contributed by atoms with Crippen molar-refractivity contribution >= 4 is 5.91 Å². The first kappa shape index (κ1) is 12.7. The second kappa shape index (κ2) is 5.12. The molecule has 16 heavy (non-hydrogen) atoms. The van der Waals surface area contributed by atoms with Gasteiger partial charge in [-0.3, -0.25) is 4.79 Å². The van der Waals surface area contributed by atoms with Crippen LogP contribution in [0.2, 0.25) is 0 Å². The number of amides is 1. The molecular formula is C11H18N2O3. The number of nitrogens with zero attached hydrogens (tertiary/aromatic N) is 1. The van der Waals surface area contributed by atoms with E-state index in [1.165, 1.54) is 6.20 Å². The molecule has 1 aromatic heterocycles. The predicted molar refractivity (Wildman–Crippen MR) is 59.1 cm³/mol. The number of aryl methyl sites for hydroxylation is 1. The van der Waals surface area contributed by atoms with Gasteiger partial charge in [-0.15, -0.1) is 0 Å². The summed E-state index contributed by atoms with van der Waals surface area (Å²) >= 11 is 0. The van der Waals surface area contributed by atoms with Crippen molar-refractivity contribution in [1.29, 1.82) is 0 Å². The van der Waals surface area contributed by atoms with Crippen molar-refractivity contribution in [2.45, 2.75) is 39.2 Å². The molecule has 1 aromatic rings. The Morgan fingerprint density at radius 1 is 1.56 bits per heavy atom. The Morgan fingerprint density at radius 3 is 2.56 bits per heavy atom. The number of carbonyl (C=O) groups excluding carboxylic acids is 1. The minimum absolute atomic E-state index is 0.0844. The second-order valence-corrected chi connectivity index (χ2v) is 3.94. The van der Waals surface area contributed by atoms with E-state index < -0.39 is 5.54 Å². The van der Waals surface area contributed by atoms with E-state index in [4.69, 9.17) is 4.52 Å². The molecule has 0 aliphatic carbocycles. The van der Waals surface area contributed by atoms with Crippen molar-refractivity contribution in [3.8, 4) is 0 Å². The molecule has 0 saturated heterocycles. The number of aromatic nitrogens is 1. The third-order valence-electron chi connectivity index (χ3n) is 2.99. The van der Waals surface area contributed by atoms with Crippen molar-refractivity contribution < 1.29 is 14.4 Å². The first-order chi connectivity index (χ1) is 7.58. The Labute approximate surface area is 94.8 Å². The highest BCUT2D eigenvalue weighted by molar-refractivity contribution is 5.93. The third-order valence-corrected chi connectivity index (χ3v) is 2.99. The summed E-state index contributed by atoms with van der Waals surface area (Å²) in [4.78, 5) is 11.9. The van der Waals surface area contributed by atoms with Crippen LogP contribution in [0, 0.1) is 6.92 Å². The van der Waals surface area contributed by atoms with E-state index in [0.717, 1.165) is 0 Å². The third kappa shape index (κ3) is 2.41. The zero-order valence-electron chi connectivity index (χ0n) is 9.91. The van der Waals surface area contributed by atoms with Gasteiger partial charge in [0.05, 0.1) is 18.3 Å². The molecule has 0 saturated carbocycles. The van der Waals surface area contributed by atoms with Crippen LogP contribution in [-0.4, -0.2) is 28.3 Å². The van der Waals surface area contributed by atoms with Gasteiger partial charge in [-0.05, 0) is 19.8 Å². The zero-order chi connectivity index (χ0) is 12.2. The average molecular weight is 226 g/mol. The second-order valence-electron chi connectivity index (χ2n) is 3.94. The number of carbonyl (C=O) groups is 1. The fourth-order valence-electron chi connectivity index (χ4n) is 1.50. The normalized spacial score (nSPS) is 11.5. The van der Waals surface area contributed by atoms with Crippen LogP contribution in [0.15, 0.2) is 10.7 Å². The maximum atomic E-state index is 11.9. The van der Waals surface area contributed by atoms with Crippen molar-refractivity contribution in [3.63, 3.8) is 0 Å². The topological polar surface area (TPSA) is 75.4 Å². The van der Waals surface area contributed by atoms with E-state index in [-0.39, 0.29) is 18.3 Å². The Balaban J connectivity index is 2.81. The maximum absolute atomic E-state index is 11.9. The first-order valence-electron chi connectivity index (χ1n) is 5.43. The highest BCUT2D eigenvalue weighted by atomic mass is 16.5. The molecule has 0 radical (unpaired) electrons. The molecular weight excluding hydrogens is 208 g/mol. The van der Waals surface area contributed by atoms with Gasteiger partial charge in [0.2, 0.25) is 5.76 Å². The van der Waals surface area contributed by atoms with Crippen molar-refractivity contribution in [2.75, 3.05) is 6.61 Å². The lowest BCUT2D eigenvalue weighted by Crippen LogP contribution is -2.50. The number of rotatable bonds is 5. The van der Waals surface area contributed by atoms with Crippen LogP contribution in [0.4, 0.5) is 0 Å². The van der Waals surface area contributed by atoms with Crippen molar-refractivity contribution in [1.82, 2.24) is 10.5 Å². The predicted octanol–water partition coefficient (Wildman–Crippen LogP) is 1.26. The first-order valence-corrected chi connectivity index (χ1v) is 5.43. The van der Waals surface area contributed by atoms with Gasteiger partial charge in [-0.1, -0.05) is 19.0 Å². The SMILES string of the molecule is CCC(CC)(CO)NC(=O)c1oncc1C. The van der Waals surface area contributed by atoms with Crippen LogP contribution in [0.3, 0.4) is 0 Å². The standard InChI is InChI=1S/C11H18N2O3/c1-4-11(5-2,7-14)13-10(15)9-8(3)6-12-16-9/h6,14H,4-5,7H2,1-3H3,(H,13,15). The van der Waals surface area contributed by atoms with E-state index >= 15 is 0 Å². The summed E-state index contributed by atoms with van der Waals surface area (Å²) < 4.78 is 4.86. The fourth-order valence-corrected chi connectivity index (χ4v) is 1.50. The molecule has 90 valence electrons. The lowest BCUT2D eigenvalue weighted by Gasteiger charge is -2.30. The van der Waals surface area contributed by atoms with Gasteiger partial charge in [0, 0.05) is 5.56 Å². The van der Waals surface area contributed by atoms with Crippen LogP contribution in [-0.2, 0) is 0 Å². The number of hydrogen-bond donors (Lipinski definition) is 2. The van der Waals surface area contributed by atoms with Crippen LogP contribution in [0.1, 0.15) is 42.8 Å². The van der Waals surface area contributed by atoms with Crippen LogP contribution in [0.5, 0.6) is 0 Å². The Hall–Kier alpha value is -1.36. The highest BCUT2D eigenvalue weighted by Gasteiger charge is 2.29. The van der Waals surface area contributed by atoms with Gasteiger partial charge in [-0.25, -0.2) is 0 Å². The van der Waals surface area contributed by atoms with Gasteiger partial charge in [0.15, 0.2) is 0 Å². The Bertz CT molecular complexity index is 348. The molecule has 0 spiro atoms.